The fourth-order valence-corrected chi connectivity index (χ4v) is 0.935. The van der Waals surface area contributed by atoms with Crippen LogP contribution in [0.1, 0.15) is 12.5 Å². The molecule has 6 nitrogen and oxygen atoms in total. The van der Waals surface area contributed by atoms with Gasteiger partial charge in [-0.3, -0.25) is 0 Å². The fourth-order valence-electron chi connectivity index (χ4n) is 0.822. The molecule has 0 radical (unpaired) electrons. The first kappa shape index (κ1) is 31.6. The third-order valence-corrected chi connectivity index (χ3v) is 1.61. The number of benzene rings is 1. The Kier molecular flexibility index (Phi) is 64.5. The summed E-state index contributed by atoms with van der Waals surface area (Å²) in [5.41, 5.74) is 1.31. The first-order chi connectivity index (χ1) is 10.3. The Hall–Kier alpha value is -1.72. The molecule has 21 heavy (non-hydrogen) atoms. The molecule has 0 fully saturated rings. The van der Waals surface area contributed by atoms with Crippen LogP contribution in [0.4, 0.5) is 0 Å². The molecule has 108 valence electrons. The minimum absolute atomic E-state index is 0.902. The van der Waals surface area contributed by atoms with E-state index in [2.05, 4.69) is 66.6 Å². The van der Waals surface area contributed by atoms with Crippen molar-refractivity contribution in [3.05, 3.63) is 69.1 Å². The summed E-state index contributed by atoms with van der Waals surface area (Å²) in [5, 5.41) is 3.22. The number of rotatable bonds is 3. The Balaban J connectivity index is -0.0000000727. The van der Waals surface area contributed by atoms with Gasteiger partial charge in [0.05, 0.1) is 0 Å². The Labute approximate surface area is 132 Å². The molecular formula is C14H11CrNO5. The van der Waals surface area contributed by atoms with Crippen molar-refractivity contribution >= 4 is 4.50 Å². The second-order valence-electron chi connectivity index (χ2n) is 2.40. The van der Waals surface area contributed by atoms with Crippen LogP contribution in [-0.2, 0) is 45.7 Å². The summed E-state index contributed by atoms with van der Waals surface area (Å²) in [6, 6.07) is 10.3. The summed E-state index contributed by atoms with van der Waals surface area (Å²) in [6.07, 6.45) is 0. The molecule has 0 saturated carbocycles. The number of hydrogen-bond acceptors (Lipinski definition) is 1. The van der Waals surface area contributed by atoms with Crippen LogP contribution in [0.5, 0.6) is 0 Å². The summed E-state index contributed by atoms with van der Waals surface area (Å²) in [7, 11) is 0. The fraction of sp³-hybridized carbons (Fsp3) is 0.143. The van der Waals surface area contributed by atoms with Crippen LogP contribution in [0.25, 0.3) is 0 Å². The van der Waals surface area contributed by atoms with Crippen molar-refractivity contribution in [3.63, 3.8) is 0 Å². The van der Waals surface area contributed by atoms with Crippen molar-refractivity contribution in [1.82, 2.24) is 5.32 Å². The predicted octanol–water partition coefficient (Wildman–Crippen LogP) is 1.29. The standard InChI is InChI=1S/C9H11N.5CO.Cr/c1-2-10-8-9-6-4-3-5-7-9;5*1-2;/h3-7,10H,8H2,1H3;;;;;;. The minimum atomic E-state index is 0.902. The summed E-state index contributed by atoms with van der Waals surface area (Å²) in [5.74, 6) is 0. The van der Waals surface area contributed by atoms with Gasteiger partial charge < -0.3 is 0 Å². The Morgan fingerprint density at radius 2 is 1.19 bits per heavy atom. The molecular weight excluding hydrogens is 314 g/mol. The van der Waals surface area contributed by atoms with E-state index in [0.29, 0.717) is 0 Å². The van der Waals surface area contributed by atoms with Crippen LogP contribution in [0.15, 0.2) is 30.3 Å². The average Bonchev–Trinajstić information content (AvgIpc) is 2.63. The van der Waals surface area contributed by atoms with E-state index >= 15 is 0 Å². The van der Waals surface area contributed by atoms with E-state index in [4.69, 9.17) is 23.3 Å². The Bertz CT molecular complexity index is 386. The van der Waals surface area contributed by atoms with Crippen LogP contribution in [-0.4, -0.2) is 4.50 Å². The van der Waals surface area contributed by atoms with Crippen molar-refractivity contribution in [2.75, 3.05) is 0 Å². The molecule has 7 heteroatoms. The Morgan fingerprint density at radius 1 is 0.857 bits per heavy atom. The number of hydrogen-bond donors (Lipinski definition) is 1. The first-order valence-corrected chi connectivity index (χ1v) is 5.23. The molecule has 0 aromatic heterocycles. The zero-order valence-corrected chi connectivity index (χ0v) is 12.3. The molecule has 0 amide bonds. The van der Waals surface area contributed by atoms with Crippen molar-refractivity contribution in [2.24, 2.45) is 0 Å². The molecule has 0 saturated heterocycles. The van der Waals surface area contributed by atoms with Crippen molar-refractivity contribution in [1.29, 1.82) is 0 Å². The van der Waals surface area contributed by atoms with Gasteiger partial charge in [0, 0.05) is 0 Å². The molecule has 1 N–H and O–H groups in total. The van der Waals surface area contributed by atoms with Crippen LogP contribution in [0, 0.1) is 33.3 Å². The van der Waals surface area contributed by atoms with E-state index < -0.39 is 0 Å². The van der Waals surface area contributed by atoms with Gasteiger partial charge in [0.25, 0.3) is 0 Å². The molecule has 0 heterocycles. The zero-order chi connectivity index (χ0) is 18.1. The summed E-state index contributed by atoms with van der Waals surface area (Å²) < 4.78 is 38.6. The average molecular weight is 325 g/mol. The van der Waals surface area contributed by atoms with Gasteiger partial charge in [0.15, 0.2) is 0 Å². The molecule has 0 aliphatic heterocycles. The monoisotopic (exact) mass is 325 g/mol. The third-order valence-electron chi connectivity index (χ3n) is 1.38. The normalized spacial score (nSPS) is 5.48. The van der Waals surface area contributed by atoms with E-state index in [9.17, 15) is 0 Å². The van der Waals surface area contributed by atoms with Gasteiger partial charge in [-0.1, -0.05) is 0 Å². The quantitative estimate of drug-likeness (QED) is 0.655. The second-order valence-corrected chi connectivity index (χ2v) is 3.35. The molecule has 0 atom stereocenters. The van der Waals surface area contributed by atoms with Gasteiger partial charge >= 0.3 is 132 Å². The molecule has 0 aliphatic carbocycles. The van der Waals surface area contributed by atoms with E-state index in [1.165, 1.54) is 5.56 Å². The maximum absolute atomic E-state index is 7.50. The van der Waals surface area contributed by atoms with E-state index in [1.807, 2.05) is 25.1 Å². The van der Waals surface area contributed by atoms with Crippen molar-refractivity contribution < 1.29 is 39.1 Å². The first-order valence-electron chi connectivity index (χ1n) is 4.59. The van der Waals surface area contributed by atoms with Crippen molar-refractivity contribution in [3.8, 4) is 0 Å². The van der Waals surface area contributed by atoms with E-state index in [-0.39, 0.29) is 0 Å². The Morgan fingerprint density at radius 3 is 1.48 bits per heavy atom. The predicted molar refractivity (Wildman–Crippen MR) is 63.6 cm³/mol. The number of nitrogens with one attached hydrogen (secondary N) is 1. The molecule has 0 spiro atoms. The maximum atomic E-state index is 7.50. The SMILES string of the molecule is C[C](=[Cr])NCc1ccccc1.[C-]#[O+].[C-]#[O+].[C-]#[O+].[C-]#[O+].[C-]#[O+]. The van der Waals surface area contributed by atoms with Crippen LogP contribution >= 0.6 is 0 Å². The third kappa shape index (κ3) is 38.1. The van der Waals surface area contributed by atoms with Gasteiger partial charge in [0.2, 0.25) is 0 Å². The zero-order valence-electron chi connectivity index (χ0n) is 11.0. The summed E-state index contributed by atoms with van der Waals surface area (Å²) >= 11 is 2.92. The van der Waals surface area contributed by atoms with E-state index in [1.54, 1.807) is 0 Å². The summed E-state index contributed by atoms with van der Waals surface area (Å²) in [4.78, 5) is 0. The van der Waals surface area contributed by atoms with Gasteiger partial charge in [0.1, 0.15) is 0 Å². The van der Waals surface area contributed by atoms with Crippen molar-refractivity contribution in [2.45, 2.75) is 13.5 Å². The molecule has 0 bridgehead atoms. The van der Waals surface area contributed by atoms with Gasteiger partial charge in [-0.25, -0.2) is 0 Å². The summed E-state index contributed by atoms with van der Waals surface area (Å²) in [6.45, 7) is 25.4. The molecule has 1 rings (SSSR count). The van der Waals surface area contributed by atoms with E-state index in [0.717, 1.165) is 11.0 Å². The van der Waals surface area contributed by atoms with Gasteiger partial charge in [-0.2, -0.15) is 0 Å². The van der Waals surface area contributed by atoms with Crippen LogP contribution in [0.2, 0.25) is 0 Å². The molecule has 1 aromatic rings. The van der Waals surface area contributed by atoms with Crippen LogP contribution < -0.4 is 5.32 Å². The second kappa shape index (κ2) is 42.9. The topological polar surface area (TPSA) is 112 Å². The molecule has 0 unspecified atom stereocenters. The molecule has 1 aromatic carbocycles. The van der Waals surface area contributed by atoms with Crippen LogP contribution in [0.3, 0.4) is 0 Å². The molecule has 0 aliphatic rings. The van der Waals surface area contributed by atoms with Gasteiger partial charge in [-0.05, 0) is 0 Å². The van der Waals surface area contributed by atoms with Gasteiger partial charge in [-0.15, -0.1) is 0 Å².